The minimum Gasteiger partial charge on any atom is -0.322 e. The first kappa shape index (κ1) is 15.4. The summed E-state index contributed by atoms with van der Waals surface area (Å²) in [5.41, 5.74) is 1.52. The molecule has 0 amide bonds. The van der Waals surface area contributed by atoms with Crippen LogP contribution in [0.1, 0.15) is 17.5 Å². The fourth-order valence-corrected chi connectivity index (χ4v) is 3.77. The van der Waals surface area contributed by atoms with Gasteiger partial charge in [0.15, 0.2) is 15.7 Å². The summed E-state index contributed by atoms with van der Waals surface area (Å²) in [5, 5.41) is 0. The van der Waals surface area contributed by atoms with Gasteiger partial charge in [0.1, 0.15) is 5.75 Å². The molecule has 3 aromatic rings. The SMILES string of the molecule is CCn1c(C(=O)CS(=O)(=O)c2ccccc2)nc2ccccc21. The Bertz CT molecular complexity index is 960. The zero-order valence-electron chi connectivity index (χ0n) is 12.6. The molecule has 2 aromatic carbocycles. The van der Waals surface area contributed by atoms with E-state index >= 15 is 0 Å². The van der Waals surface area contributed by atoms with E-state index in [4.69, 9.17) is 0 Å². The average Bonchev–Trinajstić information content (AvgIpc) is 2.94. The molecule has 0 spiro atoms. The number of sulfone groups is 1. The van der Waals surface area contributed by atoms with Gasteiger partial charge in [0.05, 0.1) is 15.9 Å². The van der Waals surface area contributed by atoms with Gasteiger partial charge in [0, 0.05) is 6.54 Å². The smallest absolute Gasteiger partial charge is 0.213 e. The molecule has 0 unspecified atom stereocenters. The van der Waals surface area contributed by atoms with Gasteiger partial charge in [-0.05, 0) is 31.2 Å². The molecule has 0 saturated carbocycles. The highest BCUT2D eigenvalue weighted by atomic mass is 32.2. The molecule has 0 radical (unpaired) electrons. The molecule has 3 rings (SSSR count). The van der Waals surface area contributed by atoms with Crippen LogP contribution < -0.4 is 0 Å². The lowest BCUT2D eigenvalue weighted by molar-refractivity contribution is 0.100. The maximum absolute atomic E-state index is 12.5. The number of aryl methyl sites for hydroxylation is 1. The van der Waals surface area contributed by atoms with E-state index in [2.05, 4.69) is 4.98 Å². The Morgan fingerprint density at radius 2 is 1.70 bits per heavy atom. The summed E-state index contributed by atoms with van der Waals surface area (Å²) in [4.78, 5) is 17.0. The molecule has 0 aliphatic rings. The number of hydrogen-bond donors (Lipinski definition) is 0. The number of rotatable bonds is 5. The van der Waals surface area contributed by atoms with Gasteiger partial charge >= 0.3 is 0 Å². The van der Waals surface area contributed by atoms with E-state index < -0.39 is 21.4 Å². The molecule has 6 heteroatoms. The molecule has 23 heavy (non-hydrogen) atoms. The number of nitrogens with zero attached hydrogens (tertiary/aromatic N) is 2. The van der Waals surface area contributed by atoms with Crippen LogP contribution in [0, 0.1) is 0 Å². The monoisotopic (exact) mass is 328 g/mol. The van der Waals surface area contributed by atoms with Crippen LogP contribution in [0.5, 0.6) is 0 Å². The van der Waals surface area contributed by atoms with Gasteiger partial charge in [-0.3, -0.25) is 4.79 Å². The number of fused-ring (bicyclic) bond motifs is 1. The van der Waals surface area contributed by atoms with Crippen LogP contribution in [-0.2, 0) is 16.4 Å². The quantitative estimate of drug-likeness (QED) is 0.675. The van der Waals surface area contributed by atoms with Crippen molar-refractivity contribution < 1.29 is 13.2 Å². The Balaban J connectivity index is 1.98. The first-order valence-corrected chi connectivity index (χ1v) is 8.94. The number of carbonyl (C=O) groups excluding carboxylic acids is 1. The summed E-state index contributed by atoms with van der Waals surface area (Å²) in [6, 6.07) is 15.4. The molecule has 0 atom stereocenters. The number of carbonyl (C=O) groups is 1. The van der Waals surface area contributed by atoms with Crippen LogP contribution in [0.3, 0.4) is 0 Å². The Morgan fingerprint density at radius 3 is 2.39 bits per heavy atom. The summed E-state index contributed by atoms with van der Waals surface area (Å²) < 4.78 is 26.5. The van der Waals surface area contributed by atoms with Crippen molar-refractivity contribution in [2.45, 2.75) is 18.4 Å². The van der Waals surface area contributed by atoms with Gasteiger partial charge in [0.2, 0.25) is 5.78 Å². The number of imidazole rings is 1. The van der Waals surface area contributed by atoms with Gasteiger partial charge in [-0.15, -0.1) is 0 Å². The molecule has 0 saturated heterocycles. The third-order valence-corrected chi connectivity index (χ3v) is 5.28. The van der Waals surface area contributed by atoms with Crippen LogP contribution in [0.15, 0.2) is 59.5 Å². The molecule has 0 fully saturated rings. The second kappa shape index (κ2) is 5.96. The molecule has 1 heterocycles. The zero-order valence-corrected chi connectivity index (χ0v) is 13.5. The van der Waals surface area contributed by atoms with E-state index in [9.17, 15) is 13.2 Å². The normalized spacial score (nSPS) is 11.7. The lowest BCUT2D eigenvalue weighted by atomic mass is 10.3. The van der Waals surface area contributed by atoms with Gasteiger partial charge < -0.3 is 4.57 Å². The van der Waals surface area contributed by atoms with Crippen LogP contribution >= 0.6 is 0 Å². The fourth-order valence-electron chi connectivity index (χ4n) is 2.56. The van der Waals surface area contributed by atoms with Crippen LogP contribution in [-0.4, -0.2) is 29.5 Å². The highest BCUT2D eigenvalue weighted by Crippen LogP contribution is 2.18. The number of para-hydroxylation sites is 2. The highest BCUT2D eigenvalue weighted by molar-refractivity contribution is 7.92. The molecule has 0 N–H and O–H groups in total. The van der Waals surface area contributed by atoms with E-state index in [-0.39, 0.29) is 10.7 Å². The summed E-state index contributed by atoms with van der Waals surface area (Å²) in [6.45, 7) is 2.45. The standard InChI is InChI=1S/C17H16N2O3S/c1-2-19-15-11-7-6-10-14(15)18-17(19)16(20)12-23(21,22)13-8-4-3-5-9-13/h3-11H,2,12H2,1H3. The van der Waals surface area contributed by atoms with Gasteiger partial charge in [0.25, 0.3) is 0 Å². The zero-order chi connectivity index (χ0) is 16.4. The number of benzene rings is 2. The van der Waals surface area contributed by atoms with Crippen molar-refractivity contribution in [1.82, 2.24) is 9.55 Å². The van der Waals surface area contributed by atoms with Crippen molar-refractivity contribution in [2.75, 3.05) is 5.75 Å². The fraction of sp³-hybridized carbons (Fsp3) is 0.176. The third kappa shape index (κ3) is 2.90. The summed E-state index contributed by atoms with van der Waals surface area (Å²) in [6.07, 6.45) is 0. The van der Waals surface area contributed by atoms with Gasteiger partial charge in [-0.1, -0.05) is 30.3 Å². The van der Waals surface area contributed by atoms with Crippen molar-refractivity contribution in [1.29, 1.82) is 0 Å². The van der Waals surface area contributed by atoms with E-state index in [1.807, 2.05) is 31.2 Å². The van der Waals surface area contributed by atoms with Crippen LogP contribution in [0.2, 0.25) is 0 Å². The maximum Gasteiger partial charge on any atom is 0.213 e. The van der Waals surface area contributed by atoms with Crippen LogP contribution in [0.25, 0.3) is 11.0 Å². The van der Waals surface area contributed by atoms with Gasteiger partial charge in [-0.2, -0.15) is 0 Å². The topological polar surface area (TPSA) is 69.0 Å². The molecule has 0 aliphatic heterocycles. The van der Waals surface area contributed by atoms with Crippen molar-refractivity contribution >= 4 is 26.7 Å². The van der Waals surface area contributed by atoms with E-state index in [0.29, 0.717) is 12.1 Å². The number of ketones is 1. The molecule has 118 valence electrons. The number of Topliss-reactive ketones (excluding diaryl/α,β-unsaturated/α-hetero) is 1. The largest absolute Gasteiger partial charge is 0.322 e. The number of aromatic nitrogens is 2. The number of hydrogen-bond acceptors (Lipinski definition) is 4. The lowest BCUT2D eigenvalue weighted by Gasteiger charge is -2.06. The first-order chi connectivity index (χ1) is 11.0. The van der Waals surface area contributed by atoms with Crippen molar-refractivity contribution in [3.05, 3.63) is 60.4 Å². The maximum atomic E-state index is 12.5. The second-order valence-electron chi connectivity index (χ2n) is 5.16. The van der Waals surface area contributed by atoms with Crippen molar-refractivity contribution in [3.8, 4) is 0 Å². The summed E-state index contributed by atoms with van der Waals surface area (Å²) in [5.74, 6) is -0.888. The molecular weight excluding hydrogens is 312 g/mol. The van der Waals surface area contributed by atoms with Crippen LogP contribution in [0.4, 0.5) is 0 Å². The summed E-state index contributed by atoms with van der Waals surface area (Å²) >= 11 is 0. The Hall–Kier alpha value is -2.47. The van der Waals surface area contributed by atoms with E-state index in [1.165, 1.54) is 12.1 Å². The predicted octanol–water partition coefficient (Wildman–Crippen LogP) is 2.71. The molecule has 0 aliphatic carbocycles. The molecule has 1 aromatic heterocycles. The summed E-state index contributed by atoms with van der Waals surface area (Å²) in [7, 11) is -3.67. The van der Waals surface area contributed by atoms with Gasteiger partial charge in [-0.25, -0.2) is 13.4 Å². The lowest BCUT2D eigenvalue weighted by Crippen LogP contribution is -2.20. The average molecular weight is 328 g/mol. The Kier molecular flexibility index (Phi) is 4.00. The molecule has 0 bridgehead atoms. The third-order valence-electron chi connectivity index (χ3n) is 3.64. The van der Waals surface area contributed by atoms with Crippen molar-refractivity contribution in [3.63, 3.8) is 0 Å². The Morgan fingerprint density at radius 1 is 1.04 bits per heavy atom. The molecular formula is C17H16N2O3S. The minimum atomic E-state index is -3.67. The second-order valence-corrected chi connectivity index (χ2v) is 7.15. The minimum absolute atomic E-state index is 0.146. The Labute approximate surface area is 134 Å². The first-order valence-electron chi connectivity index (χ1n) is 7.29. The van der Waals surface area contributed by atoms with E-state index in [1.54, 1.807) is 22.8 Å². The van der Waals surface area contributed by atoms with Crippen molar-refractivity contribution in [2.24, 2.45) is 0 Å². The molecule has 5 nitrogen and oxygen atoms in total. The predicted molar refractivity (Wildman–Crippen MR) is 88.2 cm³/mol. The van der Waals surface area contributed by atoms with E-state index in [0.717, 1.165) is 5.52 Å². The highest BCUT2D eigenvalue weighted by Gasteiger charge is 2.24.